The average molecular weight is 617 g/mol. The fourth-order valence-electron chi connectivity index (χ4n) is 8.13. The number of benzene rings is 7. The Hall–Kier alpha value is -4.70. The van der Waals surface area contributed by atoms with E-state index in [4.69, 9.17) is 0 Å². The molecule has 0 saturated carbocycles. The highest BCUT2D eigenvalue weighted by atomic mass is 16.3. The molecule has 7 aromatic rings. The van der Waals surface area contributed by atoms with Crippen LogP contribution < -0.4 is 0 Å². The zero-order chi connectivity index (χ0) is 32.7. The Bertz CT molecular complexity index is 2300. The van der Waals surface area contributed by atoms with Crippen molar-refractivity contribution in [3.63, 3.8) is 0 Å². The molecule has 0 saturated heterocycles. The zero-order valence-electron chi connectivity index (χ0n) is 27.5. The predicted molar refractivity (Wildman–Crippen MR) is 194 cm³/mol. The first-order chi connectivity index (χ1) is 22.6. The Balaban J connectivity index is 1.26. The number of aryl methyl sites for hydroxylation is 1. The van der Waals surface area contributed by atoms with Crippen molar-refractivity contribution >= 4 is 32.3 Å². The van der Waals surface area contributed by atoms with Crippen LogP contribution in [0.15, 0.2) is 103 Å². The molecule has 0 heterocycles. The van der Waals surface area contributed by atoms with E-state index >= 15 is 0 Å². The molecule has 1 aliphatic rings. The Morgan fingerprint density at radius 2 is 1.23 bits per heavy atom. The third-order valence-corrected chi connectivity index (χ3v) is 10.8. The van der Waals surface area contributed by atoms with Crippen LogP contribution >= 0.6 is 0 Å². The van der Waals surface area contributed by atoms with Gasteiger partial charge in [0.25, 0.3) is 0 Å². The SMILES string of the molecule is CC(C)(C)c1cc2ccc3ccc(-c4ccc5c(c4)C(C)(CCc4cc(CO)c(O)c(CO)c4)c4ccccc4-5)c4ccc(c1)c2c34. The van der Waals surface area contributed by atoms with Gasteiger partial charge in [-0.2, -0.15) is 0 Å². The Morgan fingerprint density at radius 1 is 0.617 bits per heavy atom. The molecule has 0 fully saturated rings. The van der Waals surface area contributed by atoms with Gasteiger partial charge in [-0.05, 0) is 113 Å². The molecule has 0 spiro atoms. The molecular weight excluding hydrogens is 576 g/mol. The maximum atomic E-state index is 10.4. The molecule has 0 aliphatic heterocycles. The van der Waals surface area contributed by atoms with E-state index in [2.05, 4.69) is 119 Å². The molecule has 3 heteroatoms. The van der Waals surface area contributed by atoms with Gasteiger partial charge in [-0.25, -0.2) is 0 Å². The Labute approximate surface area is 276 Å². The van der Waals surface area contributed by atoms with Crippen molar-refractivity contribution in [2.45, 2.75) is 64.6 Å². The smallest absolute Gasteiger partial charge is 0.126 e. The summed E-state index contributed by atoms with van der Waals surface area (Å²) in [6, 6.07) is 37.9. The van der Waals surface area contributed by atoms with Crippen molar-refractivity contribution in [1.29, 1.82) is 0 Å². The first kappa shape index (κ1) is 29.7. The van der Waals surface area contributed by atoms with Gasteiger partial charge >= 0.3 is 0 Å². The standard InChI is InChI=1S/C44H40O3/c1-43(2,3)33-21-29-10-9-27-11-14-34(37-16-13-30(22-33)40(29)41(27)37)28-12-15-36-35-7-5-6-8-38(35)44(4,39(36)23-28)18-17-26-19-31(24-45)42(47)32(20-26)25-46/h5-16,19-23,45-47H,17-18,24-25H2,1-4H3. The molecule has 0 amide bonds. The van der Waals surface area contributed by atoms with E-state index in [0.717, 1.165) is 18.4 Å². The Kier molecular flexibility index (Phi) is 6.74. The summed E-state index contributed by atoms with van der Waals surface area (Å²) in [6.45, 7) is 8.65. The van der Waals surface area contributed by atoms with Crippen molar-refractivity contribution in [1.82, 2.24) is 0 Å². The van der Waals surface area contributed by atoms with E-state index in [-0.39, 0.29) is 29.8 Å². The second-order valence-corrected chi connectivity index (χ2v) is 14.7. The molecule has 8 rings (SSSR count). The van der Waals surface area contributed by atoms with Crippen molar-refractivity contribution < 1.29 is 15.3 Å². The highest BCUT2D eigenvalue weighted by Gasteiger charge is 2.39. The number of aliphatic hydroxyl groups excluding tert-OH is 2. The van der Waals surface area contributed by atoms with Crippen LogP contribution in [-0.4, -0.2) is 15.3 Å². The summed E-state index contributed by atoms with van der Waals surface area (Å²) >= 11 is 0. The van der Waals surface area contributed by atoms with Gasteiger partial charge in [-0.3, -0.25) is 0 Å². The lowest BCUT2D eigenvalue weighted by Gasteiger charge is -2.28. The van der Waals surface area contributed by atoms with E-state index in [1.807, 2.05) is 12.1 Å². The Morgan fingerprint density at radius 3 is 1.94 bits per heavy atom. The van der Waals surface area contributed by atoms with Gasteiger partial charge in [-0.1, -0.05) is 113 Å². The normalized spacial score (nSPS) is 16.0. The molecule has 1 aliphatic carbocycles. The van der Waals surface area contributed by atoms with Gasteiger partial charge in [0.05, 0.1) is 13.2 Å². The van der Waals surface area contributed by atoms with Gasteiger partial charge in [-0.15, -0.1) is 0 Å². The lowest BCUT2D eigenvalue weighted by molar-refractivity contribution is 0.263. The molecule has 47 heavy (non-hydrogen) atoms. The molecule has 1 atom stereocenters. The van der Waals surface area contributed by atoms with Crippen LogP contribution in [0, 0.1) is 0 Å². The van der Waals surface area contributed by atoms with E-state index in [1.165, 1.54) is 71.3 Å². The number of hydrogen-bond acceptors (Lipinski definition) is 3. The van der Waals surface area contributed by atoms with E-state index < -0.39 is 0 Å². The predicted octanol–water partition coefficient (Wildman–Crippen LogP) is 10.2. The van der Waals surface area contributed by atoms with Gasteiger partial charge in [0.15, 0.2) is 0 Å². The second-order valence-electron chi connectivity index (χ2n) is 14.7. The minimum Gasteiger partial charge on any atom is -0.507 e. The van der Waals surface area contributed by atoms with Crippen molar-refractivity contribution in [3.05, 3.63) is 137 Å². The summed E-state index contributed by atoms with van der Waals surface area (Å²) in [5.74, 6) is -0.0194. The van der Waals surface area contributed by atoms with Crippen LogP contribution in [0.3, 0.4) is 0 Å². The van der Waals surface area contributed by atoms with Crippen LogP contribution in [0.2, 0.25) is 0 Å². The highest BCUT2D eigenvalue weighted by Crippen LogP contribution is 2.52. The summed E-state index contributed by atoms with van der Waals surface area (Å²) < 4.78 is 0. The van der Waals surface area contributed by atoms with Crippen LogP contribution in [0.1, 0.15) is 67.5 Å². The molecule has 1 unspecified atom stereocenters. The molecule has 3 N–H and O–H groups in total. The molecule has 234 valence electrons. The van der Waals surface area contributed by atoms with Gasteiger partial charge in [0, 0.05) is 16.5 Å². The topological polar surface area (TPSA) is 60.7 Å². The number of aliphatic hydroxyl groups is 2. The van der Waals surface area contributed by atoms with E-state index in [9.17, 15) is 15.3 Å². The number of fused-ring (bicyclic) bond motifs is 3. The number of aromatic hydroxyl groups is 1. The average Bonchev–Trinajstić information content (AvgIpc) is 3.33. The minimum absolute atomic E-state index is 0.0194. The number of rotatable bonds is 6. The maximum Gasteiger partial charge on any atom is 0.126 e. The maximum absolute atomic E-state index is 10.4. The summed E-state index contributed by atoms with van der Waals surface area (Å²) in [5, 5.41) is 38.0. The van der Waals surface area contributed by atoms with E-state index in [0.29, 0.717) is 11.1 Å². The largest absolute Gasteiger partial charge is 0.507 e. The van der Waals surface area contributed by atoms with Crippen molar-refractivity contribution in [2.24, 2.45) is 0 Å². The lowest BCUT2D eigenvalue weighted by atomic mass is 9.75. The van der Waals surface area contributed by atoms with Gasteiger partial charge < -0.3 is 15.3 Å². The van der Waals surface area contributed by atoms with Crippen LogP contribution in [-0.2, 0) is 30.5 Å². The van der Waals surface area contributed by atoms with E-state index in [1.54, 1.807) is 0 Å². The minimum atomic E-state index is -0.268. The fraction of sp³-hybridized carbons (Fsp3) is 0.227. The summed E-state index contributed by atoms with van der Waals surface area (Å²) in [4.78, 5) is 0. The highest BCUT2D eigenvalue weighted by molar-refractivity contribution is 6.25. The molecule has 3 nitrogen and oxygen atoms in total. The van der Waals surface area contributed by atoms with Crippen LogP contribution in [0.5, 0.6) is 5.75 Å². The summed E-state index contributed by atoms with van der Waals surface area (Å²) in [5.41, 5.74) is 10.7. The van der Waals surface area contributed by atoms with Gasteiger partial charge in [0.2, 0.25) is 0 Å². The second kappa shape index (κ2) is 10.7. The summed E-state index contributed by atoms with van der Waals surface area (Å²) in [6.07, 6.45) is 1.58. The third kappa shape index (κ3) is 4.56. The van der Waals surface area contributed by atoms with Crippen molar-refractivity contribution in [3.8, 4) is 28.0 Å². The summed E-state index contributed by atoms with van der Waals surface area (Å²) in [7, 11) is 0. The number of phenols is 1. The van der Waals surface area contributed by atoms with Crippen LogP contribution in [0.25, 0.3) is 54.6 Å². The third-order valence-electron chi connectivity index (χ3n) is 10.8. The van der Waals surface area contributed by atoms with Crippen molar-refractivity contribution in [2.75, 3.05) is 0 Å². The molecule has 0 aromatic heterocycles. The lowest BCUT2D eigenvalue weighted by Crippen LogP contribution is -2.22. The fourth-order valence-corrected chi connectivity index (χ4v) is 8.13. The number of hydrogen-bond donors (Lipinski definition) is 3. The first-order valence-corrected chi connectivity index (χ1v) is 16.6. The van der Waals surface area contributed by atoms with Gasteiger partial charge in [0.1, 0.15) is 5.75 Å². The molecule has 7 aromatic carbocycles. The molecule has 0 radical (unpaired) electrons. The van der Waals surface area contributed by atoms with Crippen LogP contribution in [0.4, 0.5) is 0 Å². The zero-order valence-corrected chi connectivity index (χ0v) is 27.5. The molecule has 0 bridgehead atoms. The first-order valence-electron chi connectivity index (χ1n) is 16.6. The molecular formula is C44H40O3. The monoisotopic (exact) mass is 616 g/mol. The quantitative estimate of drug-likeness (QED) is 0.163.